The van der Waals surface area contributed by atoms with E-state index in [-0.39, 0.29) is 10.6 Å². The largest absolute Gasteiger partial charge is 0.454 e. The highest BCUT2D eigenvalue weighted by atomic mass is 35.5. The fraction of sp³-hybridized carbons (Fsp3) is 0.222. The summed E-state index contributed by atoms with van der Waals surface area (Å²) in [6, 6.07) is 1.78. The summed E-state index contributed by atoms with van der Waals surface area (Å²) in [6.07, 6.45) is -5.08. The molecule has 0 radical (unpaired) electrons. The number of rotatable bonds is 1. The first-order valence-corrected chi connectivity index (χ1v) is 4.19. The summed E-state index contributed by atoms with van der Waals surface area (Å²) in [7, 11) is 0. The Balaban J connectivity index is 3.29. The molecule has 6 heteroatoms. The number of ketones is 1. The Bertz CT molecular complexity index is 411. The van der Waals surface area contributed by atoms with E-state index in [0.29, 0.717) is 0 Å². The minimum atomic E-state index is -5.08. The van der Waals surface area contributed by atoms with E-state index in [9.17, 15) is 22.4 Å². The van der Waals surface area contributed by atoms with Crippen LogP contribution in [0.1, 0.15) is 15.9 Å². The molecule has 0 aliphatic carbocycles. The van der Waals surface area contributed by atoms with Crippen LogP contribution in [0.3, 0.4) is 0 Å². The van der Waals surface area contributed by atoms with Crippen LogP contribution in [-0.2, 0) is 0 Å². The fourth-order valence-electron chi connectivity index (χ4n) is 0.990. The normalized spacial score (nSPS) is 11.6. The minimum Gasteiger partial charge on any atom is -0.284 e. The Morgan fingerprint density at radius 2 is 1.87 bits per heavy atom. The van der Waals surface area contributed by atoms with Crippen LogP contribution in [0.2, 0.25) is 5.02 Å². The van der Waals surface area contributed by atoms with Crippen LogP contribution < -0.4 is 0 Å². The van der Waals surface area contributed by atoms with E-state index in [1.54, 1.807) is 0 Å². The highest BCUT2D eigenvalue weighted by molar-refractivity contribution is 6.31. The number of halogens is 5. The molecule has 0 aromatic heterocycles. The van der Waals surface area contributed by atoms with Gasteiger partial charge < -0.3 is 0 Å². The van der Waals surface area contributed by atoms with Crippen LogP contribution in [-0.4, -0.2) is 12.0 Å². The van der Waals surface area contributed by atoms with Crippen molar-refractivity contribution < 1.29 is 22.4 Å². The molecular formula is C9H5ClF4O. The molecule has 1 rings (SSSR count). The molecule has 0 bridgehead atoms. The lowest BCUT2D eigenvalue weighted by molar-refractivity contribution is -0.0887. The third-order valence-electron chi connectivity index (χ3n) is 1.82. The Morgan fingerprint density at radius 1 is 1.33 bits per heavy atom. The molecule has 0 aliphatic heterocycles. The molecule has 0 spiro atoms. The summed E-state index contributed by atoms with van der Waals surface area (Å²) < 4.78 is 49.2. The van der Waals surface area contributed by atoms with Gasteiger partial charge in [0.1, 0.15) is 5.82 Å². The van der Waals surface area contributed by atoms with Gasteiger partial charge in [0.15, 0.2) is 0 Å². The molecule has 0 aliphatic rings. The van der Waals surface area contributed by atoms with Crippen LogP contribution in [0, 0.1) is 12.7 Å². The highest BCUT2D eigenvalue weighted by Gasteiger charge is 2.41. The molecule has 1 aromatic carbocycles. The zero-order chi connectivity index (χ0) is 11.8. The third kappa shape index (κ3) is 2.28. The molecular weight excluding hydrogens is 236 g/mol. The number of alkyl halides is 3. The Labute approximate surface area is 87.7 Å². The topological polar surface area (TPSA) is 17.1 Å². The van der Waals surface area contributed by atoms with Gasteiger partial charge in [-0.05, 0) is 19.1 Å². The molecule has 0 fully saturated rings. The number of hydrogen-bond donors (Lipinski definition) is 0. The number of carbonyl (C=O) groups excluding carboxylic acids is 1. The van der Waals surface area contributed by atoms with Gasteiger partial charge in [-0.3, -0.25) is 4.79 Å². The lowest BCUT2D eigenvalue weighted by atomic mass is 10.1. The summed E-state index contributed by atoms with van der Waals surface area (Å²) in [5.41, 5.74) is -1.18. The summed E-state index contributed by atoms with van der Waals surface area (Å²) in [5.74, 6) is -3.44. The second-order valence-electron chi connectivity index (χ2n) is 2.86. The lowest BCUT2D eigenvalue weighted by Gasteiger charge is -2.08. The minimum absolute atomic E-state index is 0.0220. The monoisotopic (exact) mass is 240 g/mol. The van der Waals surface area contributed by atoms with Gasteiger partial charge in [0.25, 0.3) is 5.78 Å². The zero-order valence-corrected chi connectivity index (χ0v) is 8.21. The molecule has 0 heterocycles. The molecule has 0 saturated heterocycles. The maximum absolute atomic E-state index is 13.2. The van der Waals surface area contributed by atoms with Crippen molar-refractivity contribution in [2.75, 3.05) is 0 Å². The summed E-state index contributed by atoms with van der Waals surface area (Å²) in [5, 5.41) is -0.0220. The van der Waals surface area contributed by atoms with E-state index in [0.717, 1.165) is 12.1 Å². The van der Waals surface area contributed by atoms with E-state index >= 15 is 0 Å². The number of hydrogen-bond acceptors (Lipinski definition) is 1. The van der Waals surface area contributed by atoms with Crippen LogP contribution in [0.15, 0.2) is 12.1 Å². The fourth-order valence-corrected chi connectivity index (χ4v) is 1.14. The van der Waals surface area contributed by atoms with Crippen molar-refractivity contribution in [3.8, 4) is 0 Å². The smallest absolute Gasteiger partial charge is 0.284 e. The average molecular weight is 241 g/mol. The lowest BCUT2D eigenvalue weighted by Crippen LogP contribution is -2.24. The Morgan fingerprint density at radius 3 is 2.33 bits per heavy atom. The second kappa shape index (κ2) is 3.81. The van der Waals surface area contributed by atoms with Crippen molar-refractivity contribution in [1.82, 2.24) is 0 Å². The van der Waals surface area contributed by atoms with Crippen LogP contribution in [0.25, 0.3) is 0 Å². The van der Waals surface area contributed by atoms with Crippen LogP contribution >= 0.6 is 11.6 Å². The van der Waals surface area contributed by atoms with E-state index in [2.05, 4.69) is 0 Å². The molecule has 1 nitrogen and oxygen atoms in total. The molecule has 0 saturated carbocycles. The first-order valence-electron chi connectivity index (χ1n) is 3.81. The summed E-state index contributed by atoms with van der Waals surface area (Å²) >= 11 is 5.47. The number of Topliss-reactive ketones (excluding diaryl/α,β-unsaturated/α-hetero) is 1. The maximum Gasteiger partial charge on any atom is 0.454 e. The van der Waals surface area contributed by atoms with Crippen molar-refractivity contribution >= 4 is 17.4 Å². The quantitative estimate of drug-likeness (QED) is 0.542. The Kier molecular flexibility index (Phi) is 3.04. The van der Waals surface area contributed by atoms with Gasteiger partial charge in [-0.1, -0.05) is 11.6 Å². The van der Waals surface area contributed by atoms with Crippen LogP contribution in [0.4, 0.5) is 17.6 Å². The van der Waals surface area contributed by atoms with E-state index < -0.39 is 23.3 Å². The first-order chi connectivity index (χ1) is 6.75. The molecule has 15 heavy (non-hydrogen) atoms. The van der Waals surface area contributed by atoms with Gasteiger partial charge in [-0.2, -0.15) is 13.2 Å². The van der Waals surface area contributed by atoms with Gasteiger partial charge in [0, 0.05) is 10.6 Å². The summed E-state index contributed by atoms with van der Waals surface area (Å²) in [4.78, 5) is 10.7. The van der Waals surface area contributed by atoms with E-state index in [1.807, 2.05) is 0 Å². The predicted octanol–water partition coefficient (Wildman–Crippen LogP) is 3.53. The Hall–Kier alpha value is -1.10. The predicted molar refractivity (Wildman–Crippen MR) is 46.5 cm³/mol. The molecule has 0 atom stereocenters. The first kappa shape index (κ1) is 12.0. The molecule has 1 aromatic rings. The molecule has 0 N–H and O–H groups in total. The van der Waals surface area contributed by atoms with Gasteiger partial charge >= 0.3 is 6.18 Å². The van der Waals surface area contributed by atoms with Crippen molar-refractivity contribution in [2.24, 2.45) is 0 Å². The van der Waals surface area contributed by atoms with E-state index in [1.165, 1.54) is 6.92 Å². The van der Waals surface area contributed by atoms with Crippen molar-refractivity contribution in [3.63, 3.8) is 0 Å². The molecule has 0 unspecified atom stereocenters. The van der Waals surface area contributed by atoms with Gasteiger partial charge in [0.05, 0.1) is 5.56 Å². The maximum atomic E-state index is 13.2. The van der Waals surface area contributed by atoms with Crippen molar-refractivity contribution in [3.05, 3.63) is 34.1 Å². The SMILES string of the molecule is Cc1c(Cl)ccc(C(=O)C(F)(F)F)c1F. The van der Waals surface area contributed by atoms with Crippen LogP contribution in [0.5, 0.6) is 0 Å². The summed E-state index contributed by atoms with van der Waals surface area (Å²) in [6.45, 7) is 1.20. The highest BCUT2D eigenvalue weighted by Crippen LogP contribution is 2.27. The number of carbonyl (C=O) groups is 1. The third-order valence-corrected chi connectivity index (χ3v) is 2.23. The number of benzene rings is 1. The van der Waals surface area contributed by atoms with Gasteiger partial charge in [-0.15, -0.1) is 0 Å². The zero-order valence-electron chi connectivity index (χ0n) is 7.45. The second-order valence-corrected chi connectivity index (χ2v) is 3.27. The average Bonchev–Trinajstić information content (AvgIpc) is 2.12. The van der Waals surface area contributed by atoms with Gasteiger partial charge in [-0.25, -0.2) is 4.39 Å². The van der Waals surface area contributed by atoms with E-state index in [4.69, 9.17) is 11.6 Å². The van der Waals surface area contributed by atoms with Gasteiger partial charge in [0.2, 0.25) is 0 Å². The van der Waals surface area contributed by atoms with Crippen molar-refractivity contribution in [1.29, 1.82) is 0 Å². The van der Waals surface area contributed by atoms with Crippen molar-refractivity contribution in [2.45, 2.75) is 13.1 Å². The molecule has 82 valence electrons. The molecule has 0 amide bonds. The standard InChI is InChI=1S/C9H5ClF4O/c1-4-6(10)3-2-5(7(4)11)8(15)9(12,13)14/h2-3H,1H3.